The van der Waals surface area contributed by atoms with Crippen LogP contribution in [0.15, 0.2) is 47.8 Å². The quantitative estimate of drug-likeness (QED) is 0.585. The molecule has 3 amide bonds. The Balaban J connectivity index is 1.15. The number of thiazole rings is 1. The molecule has 4 heterocycles. The summed E-state index contributed by atoms with van der Waals surface area (Å²) in [6.07, 6.45) is 1.90. The standard InChI is InChI=1S/C26H24N4O4S/c1-26-11-8-23(32)30(26)20-5-3-2-4-18(20)24(33)29(26)12-9-22(31)28-25-27-19(15-35-25)16-6-7-21-17(14-16)10-13-34-21/h2-7,14-15H,8-13H2,1H3,(H,27,28,31). The third-order valence-electron chi connectivity index (χ3n) is 7.04. The molecule has 1 unspecified atom stereocenters. The van der Waals surface area contributed by atoms with E-state index in [0.29, 0.717) is 35.8 Å². The molecule has 3 aromatic rings. The Bertz CT molecular complexity index is 1370. The van der Waals surface area contributed by atoms with Crippen molar-refractivity contribution in [3.63, 3.8) is 0 Å². The maximum absolute atomic E-state index is 13.3. The van der Waals surface area contributed by atoms with Gasteiger partial charge in [-0.1, -0.05) is 12.1 Å². The molecule has 0 spiro atoms. The minimum absolute atomic E-state index is 0.00432. The van der Waals surface area contributed by atoms with E-state index in [4.69, 9.17) is 4.74 Å². The van der Waals surface area contributed by atoms with Crippen molar-refractivity contribution in [1.82, 2.24) is 9.88 Å². The predicted molar refractivity (Wildman–Crippen MR) is 133 cm³/mol. The number of carbonyl (C=O) groups is 3. The van der Waals surface area contributed by atoms with Crippen molar-refractivity contribution in [2.24, 2.45) is 0 Å². The first-order valence-electron chi connectivity index (χ1n) is 11.7. The van der Waals surface area contributed by atoms with Crippen LogP contribution >= 0.6 is 11.3 Å². The van der Waals surface area contributed by atoms with E-state index in [1.807, 2.05) is 36.6 Å². The number of nitrogens with one attached hydrogen (secondary N) is 1. The van der Waals surface area contributed by atoms with Gasteiger partial charge in [-0.05, 0) is 49.2 Å². The molecule has 1 N–H and O–H groups in total. The number of carbonyl (C=O) groups excluding carboxylic acids is 3. The lowest BCUT2D eigenvalue weighted by Gasteiger charge is -2.48. The lowest BCUT2D eigenvalue weighted by molar-refractivity contribution is -0.117. The van der Waals surface area contributed by atoms with Crippen molar-refractivity contribution in [3.05, 3.63) is 59.0 Å². The summed E-state index contributed by atoms with van der Waals surface area (Å²) in [4.78, 5) is 46.8. The van der Waals surface area contributed by atoms with Gasteiger partial charge in [-0.25, -0.2) is 4.98 Å². The van der Waals surface area contributed by atoms with Gasteiger partial charge in [0, 0.05) is 36.8 Å². The number of fused-ring (bicyclic) bond motifs is 4. The average Bonchev–Trinajstić information content (AvgIpc) is 3.58. The Morgan fingerprint density at radius 1 is 1.20 bits per heavy atom. The summed E-state index contributed by atoms with van der Waals surface area (Å²) in [5, 5.41) is 5.30. The minimum Gasteiger partial charge on any atom is -0.493 e. The Labute approximate surface area is 206 Å². The maximum atomic E-state index is 13.3. The minimum atomic E-state index is -0.769. The molecule has 0 aliphatic carbocycles. The van der Waals surface area contributed by atoms with Crippen LogP contribution in [-0.4, -0.2) is 46.4 Å². The average molecular weight is 489 g/mol. The van der Waals surface area contributed by atoms with Crippen molar-refractivity contribution < 1.29 is 19.1 Å². The lowest BCUT2D eigenvalue weighted by atomic mass is 9.98. The molecule has 0 bridgehead atoms. The number of para-hydroxylation sites is 1. The smallest absolute Gasteiger partial charge is 0.257 e. The van der Waals surface area contributed by atoms with Gasteiger partial charge in [0.2, 0.25) is 11.8 Å². The van der Waals surface area contributed by atoms with Gasteiger partial charge in [0.15, 0.2) is 5.13 Å². The molecule has 3 aliphatic rings. The molecule has 1 aromatic heterocycles. The zero-order valence-corrected chi connectivity index (χ0v) is 20.1. The first-order chi connectivity index (χ1) is 16.9. The zero-order chi connectivity index (χ0) is 24.2. The van der Waals surface area contributed by atoms with Gasteiger partial charge in [-0.15, -0.1) is 11.3 Å². The molecule has 1 saturated heterocycles. The highest BCUT2D eigenvalue weighted by Crippen LogP contribution is 2.44. The summed E-state index contributed by atoms with van der Waals surface area (Å²) in [6, 6.07) is 13.2. The van der Waals surface area contributed by atoms with E-state index in [2.05, 4.69) is 16.4 Å². The van der Waals surface area contributed by atoms with Crippen LogP contribution in [0, 0.1) is 0 Å². The van der Waals surface area contributed by atoms with Gasteiger partial charge >= 0.3 is 0 Å². The van der Waals surface area contributed by atoms with E-state index in [0.717, 1.165) is 23.4 Å². The molecule has 35 heavy (non-hydrogen) atoms. The van der Waals surface area contributed by atoms with Crippen LogP contribution in [-0.2, 0) is 16.0 Å². The van der Waals surface area contributed by atoms with Gasteiger partial charge in [0.05, 0.1) is 23.6 Å². The van der Waals surface area contributed by atoms with Crippen LogP contribution in [0.3, 0.4) is 0 Å². The van der Waals surface area contributed by atoms with E-state index < -0.39 is 5.66 Å². The number of benzene rings is 2. The second-order valence-corrected chi connectivity index (χ2v) is 10.0. The largest absolute Gasteiger partial charge is 0.493 e. The third kappa shape index (κ3) is 3.58. The van der Waals surface area contributed by atoms with Crippen molar-refractivity contribution in [2.75, 3.05) is 23.4 Å². The molecule has 1 fully saturated rings. The topological polar surface area (TPSA) is 91.8 Å². The molecular weight excluding hydrogens is 464 g/mol. The van der Waals surface area contributed by atoms with Crippen LogP contribution < -0.4 is 15.0 Å². The monoisotopic (exact) mass is 488 g/mol. The summed E-state index contributed by atoms with van der Waals surface area (Å²) in [5.74, 6) is 0.539. The van der Waals surface area contributed by atoms with Gasteiger partial charge in [0.1, 0.15) is 11.4 Å². The lowest BCUT2D eigenvalue weighted by Crippen LogP contribution is -2.62. The summed E-state index contributed by atoms with van der Waals surface area (Å²) < 4.78 is 5.57. The van der Waals surface area contributed by atoms with Crippen LogP contribution in [0.25, 0.3) is 11.3 Å². The number of amides is 3. The maximum Gasteiger partial charge on any atom is 0.257 e. The predicted octanol–water partition coefficient (Wildman–Crippen LogP) is 4.07. The molecule has 6 rings (SSSR count). The molecule has 3 aliphatic heterocycles. The molecule has 2 aromatic carbocycles. The fraction of sp³-hybridized carbons (Fsp3) is 0.308. The van der Waals surface area contributed by atoms with E-state index >= 15 is 0 Å². The summed E-state index contributed by atoms with van der Waals surface area (Å²) in [6.45, 7) is 2.81. The number of hydrogen-bond donors (Lipinski definition) is 1. The van der Waals surface area contributed by atoms with Crippen LogP contribution in [0.4, 0.5) is 10.8 Å². The van der Waals surface area contributed by atoms with Gasteiger partial charge in [-0.2, -0.15) is 0 Å². The Hall–Kier alpha value is -3.72. The van der Waals surface area contributed by atoms with E-state index in [-0.39, 0.29) is 30.7 Å². The van der Waals surface area contributed by atoms with Gasteiger partial charge < -0.3 is 15.0 Å². The third-order valence-corrected chi connectivity index (χ3v) is 7.80. The normalized spacial score (nSPS) is 20.4. The Morgan fingerprint density at radius 2 is 2.06 bits per heavy atom. The molecule has 8 nitrogen and oxygen atoms in total. The highest BCUT2D eigenvalue weighted by Gasteiger charge is 2.52. The molecule has 1 atom stereocenters. The number of nitrogens with zero attached hydrogens (tertiary/aromatic N) is 3. The molecule has 9 heteroatoms. The molecule has 0 saturated carbocycles. The van der Waals surface area contributed by atoms with Crippen LogP contribution in [0.5, 0.6) is 5.75 Å². The first-order valence-corrected chi connectivity index (χ1v) is 12.6. The highest BCUT2D eigenvalue weighted by atomic mass is 32.1. The van der Waals surface area contributed by atoms with Gasteiger partial charge in [-0.3, -0.25) is 19.3 Å². The van der Waals surface area contributed by atoms with Crippen molar-refractivity contribution in [2.45, 2.75) is 38.3 Å². The summed E-state index contributed by atoms with van der Waals surface area (Å²) in [7, 11) is 0. The summed E-state index contributed by atoms with van der Waals surface area (Å²) >= 11 is 1.37. The van der Waals surface area contributed by atoms with Gasteiger partial charge in [0.25, 0.3) is 5.91 Å². The number of hydrogen-bond acceptors (Lipinski definition) is 6. The Morgan fingerprint density at radius 3 is 2.94 bits per heavy atom. The van der Waals surface area contributed by atoms with Crippen molar-refractivity contribution in [1.29, 1.82) is 0 Å². The molecular formula is C26H24N4O4S. The fourth-order valence-corrected chi connectivity index (χ4v) is 5.98. The molecule has 0 radical (unpaired) electrons. The van der Waals surface area contributed by atoms with Crippen molar-refractivity contribution in [3.8, 4) is 17.0 Å². The number of aromatic nitrogens is 1. The highest BCUT2D eigenvalue weighted by molar-refractivity contribution is 7.14. The fourth-order valence-electron chi connectivity index (χ4n) is 5.25. The van der Waals surface area contributed by atoms with Crippen molar-refractivity contribution >= 4 is 39.9 Å². The first kappa shape index (κ1) is 21.8. The van der Waals surface area contributed by atoms with E-state index in [1.54, 1.807) is 21.9 Å². The second kappa shape index (κ2) is 8.20. The molecule has 178 valence electrons. The summed E-state index contributed by atoms with van der Waals surface area (Å²) in [5.41, 5.74) is 3.33. The number of ether oxygens (including phenoxy) is 1. The number of anilines is 2. The van der Waals surface area contributed by atoms with Crippen LogP contribution in [0.1, 0.15) is 42.1 Å². The SMILES string of the molecule is CC12CCC(=O)N1c1ccccc1C(=O)N2CCC(=O)Nc1nc(-c2ccc3c(c2)CCO3)cs1. The Kier molecular flexibility index (Phi) is 5.10. The van der Waals surface area contributed by atoms with E-state index in [1.165, 1.54) is 16.9 Å². The second-order valence-electron chi connectivity index (χ2n) is 9.18. The van der Waals surface area contributed by atoms with E-state index in [9.17, 15) is 14.4 Å². The van der Waals surface area contributed by atoms with Crippen LogP contribution in [0.2, 0.25) is 0 Å². The number of rotatable bonds is 5. The zero-order valence-electron chi connectivity index (χ0n) is 19.2.